The zero-order valence-corrected chi connectivity index (χ0v) is 17.9. The van der Waals surface area contributed by atoms with Crippen LogP contribution in [0.3, 0.4) is 0 Å². The number of carbonyl (C=O) groups is 1. The van der Waals surface area contributed by atoms with Gasteiger partial charge in [-0.2, -0.15) is 0 Å². The third kappa shape index (κ3) is 4.77. The van der Waals surface area contributed by atoms with Crippen LogP contribution in [0, 0.1) is 0 Å². The van der Waals surface area contributed by atoms with E-state index < -0.39 is 0 Å². The zero-order valence-electron chi connectivity index (χ0n) is 17.9. The summed E-state index contributed by atoms with van der Waals surface area (Å²) < 4.78 is 5.30. The van der Waals surface area contributed by atoms with Crippen LogP contribution in [0.5, 0.6) is 0 Å². The second kappa shape index (κ2) is 9.40. The van der Waals surface area contributed by atoms with Crippen LogP contribution in [-0.2, 0) is 16.0 Å². The lowest BCUT2D eigenvalue weighted by Crippen LogP contribution is -2.04. The summed E-state index contributed by atoms with van der Waals surface area (Å²) in [6, 6.07) is 27.6. The Labute approximate surface area is 191 Å². The Balaban J connectivity index is 1.32. The summed E-state index contributed by atoms with van der Waals surface area (Å²) in [4.78, 5) is 26.1. The van der Waals surface area contributed by atoms with E-state index in [1.807, 2.05) is 78.9 Å². The molecule has 2 aromatic carbocycles. The van der Waals surface area contributed by atoms with Crippen LogP contribution in [0.2, 0.25) is 0 Å². The summed E-state index contributed by atoms with van der Waals surface area (Å²) in [6.07, 6.45) is 5.53. The second-order valence-corrected chi connectivity index (χ2v) is 7.59. The fourth-order valence-corrected chi connectivity index (χ4v) is 3.67. The zero-order chi connectivity index (χ0) is 22.5. The highest BCUT2D eigenvalue weighted by molar-refractivity contribution is 6.03. The minimum atomic E-state index is -0.389. The highest BCUT2D eigenvalue weighted by Gasteiger charge is 2.07. The van der Waals surface area contributed by atoms with Crippen LogP contribution < -0.4 is 0 Å². The molecule has 5 aromatic rings. The molecule has 0 radical (unpaired) electrons. The molecule has 0 saturated carbocycles. The average Bonchev–Trinajstić information content (AvgIpc) is 2.88. The largest absolute Gasteiger partial charge is 0.462 e. The van der Waals surface area contributed by atoms with Gasteiger partial charge in [0.05, 0.1) is 34.7 Å². The average molecular weight is 431 g/mol. The number of fused-ring (bicyclic) bond motifs is 3. The molecule has 0 aliphatic carbocycles. The quantitative estimate of drug-likeness (QED) is 0.198. The third-order valence-electron chi connectivity index (χ3n) is 5.33. The number of carbonyl (C=O) groups excluding carboxylic acids is 1. The summed E-state index contributed by atoms with van der Waals surface area (Å²) >= 11 is 0. The Hall–Kier alpha value is -4.38. The highest BCUT2D eigenvalue weighted by atomic mass is 16.5. The van der Waals surface area contributed by atoms with Crippen LogP contribution >= 0.6 is 0 Å². The Morgan fingerprint density at radius 3 is 2.42 bits per heavy atom. The van der Waals surface area contributed by atoms with Crippen molar-refractivity contribution in [2.24, 2.45) is 0 Å². The van der Waals surface area contributed by atoms with Crippen LogP contribution in [0.15, 0.2) is 97.2 Å². The minimum Gasteiger partial charge on any atom is -0.462 e. The molecule has 0 unspecified atom stereocenters. The van der Waals surface area contributed by atoms with Gasteiger partial charge in [-0.1, -0.05) is 60.7 Å². The second-order valence-electron chi connectivity index (χ2n) is 7.59. The minimum absolute atomic E-state index is 0.337. The van der Waals surface area contributed by atoms with E-state index in [4.69, 9.17) is 9.72 Å². The van der Waals surface area contributed by atoms with Gasteiger partial charge in [-0.3, -0.25) is 4.98 Å². The molecule has 3 aromatic heterocycles. The number of pyridine rings is 3. The van der Waals surface area contributed by atoms with Crippen molar-refractivity contribution in [1.82, 2.24) is 15.0 Å². The summed E-state index contributed by atoms with van der Waals surface area (Å²) in [5.41, 5.74) is 4.98. The fraction of sp³-hybridized carbons (Fsp3) is 0.0714. The molecule has 0 atom stereocenters. The summed E-state index contributed by atoms with van der Waals surface area (Å²) in [5, 5.41) is 2.07. The molecular weight excluding hydrogens is 410 g/mol. The molecule has 5 heteroatoms. The maximum Gasteiger partial charge on any atom is 0.330 e. The van der Waals surface area contributed by atoms with E-state index >= 15 is 0 Å². The number of hydrogen-bond donors (Lipinski definition) is 0. The molecule has 0 saturated heterocycles. The highest BCUT2D eigenvalue weighted by Crippen LogP contribution is 2.25. The van der Waals surface area contributed by atoms with Gasteiger partial charge in [0.15, 0.2) is 0 Å². The van der Waals surface area contributed by atoms with E-state index in [1.54, 1.807) is 12.3 Å². The normalized spacial score (nSPS) is 11.3. The van der Waals surface area contributed by atoms with Crippen LogP contribution in [0.1, 0.15) is 11.3 Å². The Bertz CT molecular complexity index is 1460. The monoisotopic (exact) mass is 431 g/mol. The van der Waals surface area contributed by atoms with Gasteiger partial charge >= 0.3 is 5.97 Å². The number of rotatable bonds is 6. The van der Waals surface area contributed by atoms with Crippen molar-refractivity contribution in [2.45, 2.75) is 6.42 Å². The van der Waals surface area contributed by atoms with Crippen molar-refractivity contribution in [3.8, 4) is 11.4 Å². The van der Waals surface area contributed by atoms with Crippen molar-refractivity contribution >= 4 is 33.9 Å². The lowest BCUT2D eigenvalue weighted by atomic mass is 10.1. The lowest BCUT2D eigenvalue weighted by Gasteiger charge is -2.06. The third-order valence-corrected chi connectivity index (χ3v) is 5.33. The van der Waals surface area contributed by atoms with E-state index in [0.717, 1.165) is 38.8 Å². The first kappa shape index (κ1) is 20.5. The smallest absolute Gasteiger partial charge is 0.330 e. The summed E-state index contributed by atoms with van der Waals surface area (Å²) in [7, 11) is 0. The van der Waals surface area contributed by atoms with Crippen molar-refractivity contribution in [2.75, 3.05) is 6.61 Å². The molecular formula is C28H21N3O2. The van der Waals surface area contributed by atoms with Crippen LogP contribution in [-0.4, -0.2) is 27.5 Å². The first-order valence-corrected chi connectivity index (χ1v) is 10.8. The molecule has 0 N–H and O–H groups in total. The molecule has 5 nitrogen and oxygen atoms in total. The summed E-state index contributed by atoms with van der Waals surface area (Å²) in [6.45, 7) is 0.337. The molecule has 160 valence electrons. The Kier molecular flexibility index (Phi) is 5.85. The van der Waals surface area contributed by atoms with Crippen molar-refractivity contribution in [1.29, 1.82) is 0 Å². The molecule has 0 amide bonds. The van der Waals surface area contributed by atoms with Gasteiger partial charge in [0.2, 0.25) is 0 Å². The van der Waals surface area contributed by atoms with E-state index in [-0.39, 0.29) is 5.97 Å². The maximum absolute atomic E-state index is 12.1. The van der Waals surface area contributed by atoms with Gasteiger partial charge in [-0.15, -0.1) is 0 Å². The molecule has 5 rings (SSSR count). The predicted octanol–water partition coefficient (Wildman–Crippen LogP) is 5.64. The number of ether oxygens (including phenoxy) is 1. The van der Waals surface area contributed by atoms with Gasteiger partial charge < -0.3 is 4.74 Å². The van der Waals surface area contributed by atoms with Crippen molar-refractivity contribution in [3.63, 3.8) is 0 Å². The first-order chi connectivity index (χ1) is 16.3. The molecule has 33 heavy (non-hydrogen) atoms. The standard InChI is InChI=1S/C28H21N3O2/c32-26(33-19-17-20-6-2-1-3-7-20)16-14-23-9-4-10-24(30-23)25-15-13-22-12-11-21-8-5-18-29-27(21)28(22)31-25/h1-16,18H,17,19H2/b16-14+. The molecule has 0 aliphatic heterocycles. The van der Waals surface area contributed by atoms with E-state index in [2.05, 4.69) is 16.0 Å². The molecule has 0 spiro atoms. The number of nitrogens with zero attached hydrogens (tertiary/aromatic N) is 3. The first-order valence-electron chi connectivity index (χ1n) is 10.8. The van der Waals surface area contributed by atoms with Crippen LogP contribution in [0.4, 0.5) is 0 Å². The summed E-state index contributed by atoms with van der Waals surface area (Å²) in [5.74, 6) is -0.389. The number of benzene rings is 2. The number of hydrogen-bond acceptors (Lipinski definition) is 5. The molecule has 3 heterocycles. The number of aromatic nitrogens is 3. The van der Waals surface area contributed by atoms with Gasteiger partial charge in [0.1, 0.15) is 0 Å². The van der Waals surface area contributed by atoms with Crippen molar-refractivity contribution < 1.29 is 9.53 Å². The van der Waals surface area contributed by atoms with Gasteiger partial charge in [-0.05, 0) is 35.9 Å². The molecule has 0 aliphatic rings. The SMILES string of the molecule is O=C(/C=C/c1cccc(-c2ccc3ccc4cccnc4c3n2)n1)OCCc1ccccc1. The molecule has 0 bridgehead atoms. The van der Waals surface area contributed by atoms with E-state index in [9.17, 15) is 4.79 Å². The number of esters is 1. The lowest BCUT2D eigenvalue weighted by molar-refractivity contribution is -0.137. The van der Waals surface area contributed by atoms with E-state index in [0.29, 0.717) is 18.7 Å². The van der Waals surface area contributed by atoms with Crippen LogP contribution in [0.25, 0.3) is 39.3 Å². The topological polar surface area (TPSA) is 65.0 Å². The fourth-order valence-electron chi connectivity index (χ4n) is 3.67. The van der Waals surface area contributed by atoms with Gasteiger partial charge in [0, 0.05) is 29.5 Å². The van der Waals surface area contributed by atoms with Gasteiger partial charge in [0.25, 0.3) is 0 Å². The predicted molar refractivity (Wildman–Crippen MR) is 130 cm³/mol. The maximum atomic E-state index is 12.1. The molecule has 0 fully saturated rings. The Morgan fingerprint density at radius 2 is 1.55 bits per heavy atom. The Morgan fingerprint density at radius 1 is 0.758 bits per heavy atom. The van der Waals surface area contributed by atoms with Crippen molar-refractivity contribution in [3.05, 3.63) is 108 Å². The van der Waals surface area contributed by atoms with E-state index in [1.165, 1.54) is 6.08 Å². The van der Waals surface area contributed by atoms with Gasteiger partial charge in [-0.25, -0.2) is 14.8 Å².